The highest BCUT2D eigenvalue weighted by atomic mass is 16.5. The highest BCUT2D eigenvalue weighted by molar-refractivity contribution is 5.13. The van der Waals surface area contributed by atoms with Gasteiger partial charge in [0.25, 0.3) is 0 Å². The van der Waals surface area contributed by atoms with Crippen LogP contribution in [0.3, 0.4) is 0 Å². The van der Waals surface area contributed by atoms with E-state index in [9.17, 15) is 5.11 Å². The van der Waals surface area contributed by atoms with Crippen molar-refractivity contribution in [3.05, 3.63) is 35.9 Å². The molecule has 0 aliphatic heterocycles. The van der Waals surface area contributed by atoms with Crippen molar-refractivity contribution in [3.63, 3.8) is 0 Å². The molecular formula is C26H46O3. The third kappa shape index (κ3) is 17.7. The van der Waals surface area contributed by atoms with Crippen molar-refractivity contribution < 1.29 is 14.6 Å². The fourth-order valence-corrected chi connectivity index (χ4v) is 3.55. The molecule has 0 radical (unpaired) electrons. The Morgan fingerprint density at radius 1 is 0.655 bits per heavy atom. The van der Waals surface area contributed by atoms with Crippen LogP contribution in [0.5, 0.6) is 0 Å². The summed E-state index contributed by atoms with van der Waals surface area (Å²) in [5.74, 6) is 0. The highest BCUT2D eigenvalue weighted by Gasteiger charge is 2.04. The molecule has 1 rings (SSSR count). The largest absolute Gasteiger partial charge is 0.388 e. The SMILES string of the molecule is CCCCCCCCCCCCCCCCOCC(O)COCc1ccccc1. The molecule has 1 atom stereocenters. The number of ether oxygens (including phenoxy) is 2. The summed E-state index contributed by atoms with van der Waals surface area (Å²) in [6.45, 7) is 4.26. The molecule has 0 aliphatic carbocycles. The molecule has 0 bridgehead atoms. The molecule has 168 valence electrons. The molecule has 1 aromatic carbocycles. The van der Waals surface area contributed by atoms with E-state index in [4.69, 9.17) is 9.47 Å². The van der Waals surface area contributed by atoms with E-state index in [0.29, 0.717) is 19.8 Å². The molecule has 1 aromatic rings. The number of hydrogen-bond acceptors (Lipinski definition) is 3. The van der Waals surface area contributed by atoms with Gasteiger partial charge in [0.05, 0.1) is 19.8 Å². The van der Waals surface area contributed by atoms with Crippen LogP contribution in [-0.2, 0) is 16.1 Å². The van der Waals surface area contributed by atoms with Crippen LogP contribution in [0.4, 0.5) is 0 Å². The lowest BCUT2D eigenvalue weighted by molar-refractivity contribution is -0.0239. The predicted octanol–water partition coefficient (Wildman–Crippen LogP) is 7.06. The van der Waals surface area contributed by atoms with Crippen molar-refractivity contribution in [2.45, 2.75) is 110 Å². The number of benzene rings is 1. The van der Waals surface area contributed by atoms with Gasteiger partial charge in [-0.1, -0.05) is 121 Å². The highest BCUT2D eigenvalue weighted by Crippen LogP contribution is 2.13. The standard InChI is InChI=1S/C26H46O3/c1-2-3-4-5-6-7-8-9-10-11-12-13-14-18-21-28-23-26(27)24-29-22-25-19-16-15-17-20-25/h15-17,19-20,26-27H,2-14,18,21-24H2,1H3. The summed E-state index contributed by atoms with van der Waals surface area (Å²) in [7, 11) is 0. The van der Waals surface area contributed by atoms with Gasteiger partial charge in [-0.25, -0.2) is 0 Å². The number of aliphatic hydroxyl groups is 1. The first-order chi connectivity index (χ1) is 14.3. The maximum Gasteiger partial charge on any atom is 0.101 e. The van der Waals surface area contributed by atoms with E-state index in [0.717, 1.165) is 18.6 Å². The van der Waals surface area contributed by atoms with E-state index in [1.807, 2.05) is 30.3 Å². The Balaban J connectivity index is 1.74. The lowest BCUT2D eigenvalue weighted by atomic mass is 10.0. The van der Waals surface area contributed by atoms with Crippen molar-refractivity contribution in [3.8, 4) is 0 Å². The van der Waals surface area contributed by atoms with E-state index < -0.39 is 6.10 Å². The third-order valence-electron chi connectivity index (χ3n) is 5.37. The average molecular weight is 407 g/mol. The smallest absolute Gasteiger partial charge is 0.101 e. The lowest BCUT2D eigenvalue weighted by Gasteiger charge is -2.12. The van der Waals surface area contributed by atoms with Crippen LogP contribution >= 0.6 is 0 Å². The fraction of sp³-hybridized carbons (Fsp3) is 0.769. The summed E-state index contributed by atoms with van der Waals surface area (Å²) in [5, 5.41) is 9.89. The van der Waals surface area contributed by atoms with Gasteiger partial charge in [-0.05, 0) is 12.0 Å². The van der Waals surface area contributed by atoms with Crippen LogP contribution in [0.15, 0.2) is 30.3 Å². The van der Waals surface area contributed by atoms with E-state index in [1.165, 1.54) is 83.5 Å². The van der Waals surface area contributed by atoms with Crippen molar-refractivity contribution in [1.29, 1.82) is 0 Å². The minimum Gasteiger partial charge on any atom is -0.388 e. The minimum atomic E-state index is -0.537. The van der Waals surface area contributed by atoms with Gasteiger partial charge >= 0.3 is 0 Å². The third-order valence-corrected chi connectivity index (χ3v) is 5.37. The van der Waals surface area contributed by atoms with E-state index >= 15 is 0 Å². The first-order valence-corrected chi connectivity index (χ1v) is 12.2. The molecule has 1 unspecified atom stereocenters. The van der Waals surface area contributed by atoms with E-state index in [1.54, 1.807) is 0 Å². The van der Waals surface area contributed by atoms with Gasteiger partial charge in [0.1, 0.15) is 6.10 Å². The monoisotopic (exact) mass is 406 g/mol. The zero-order chi connectivity index (χ0) is 20.8. The van der Waals surface area contributed by atoms with Crippen LogP contribution in [0.1, 0.15) is 102 Å². The Morgan fingerprint density at radius 3 is 1.69 bits per heavy atom. The Hall–Kier alpha value is -0.900. The Morgan fingerprint density at radius 2 is 1.14 bits per heavy atom. The fourth-order valence-electron chi connectivity index (χ4n) is 3.55. The summed E-state index contributed by atoms with van der Waals surface area (Å²) in [4.78, 5) is 0. The molecule has 0 aromatic heterocycles. The van der Waals surface area contributed by atoms with Gasteiger partial charge in [0.2, 0.25) is 0 Å². The summed E-state index contributed by atoms with van der Waals surface area (Å²) >= 11 is 0. The number of hydrogen-bond donors (Lipinski definition) is 1. The molecule has 3 heteroatoms. The summed E-state index contributed by atoms with van der Waals surface area (Å²) in [6.07, 6.45) is 18.6. The maximum atomic E-state index is 9.89. The number of aliphatic hydroxyl groups excluding tert-OH is 1. The van der Waals surface area contributed by atoms with Gasteiger partial charge in [-0.2, -0.15) is 0 Å². The van der Waals surface area contributed by atoms with Crippen LogP contribution in [0, 0.1) is 0 Å². The molecule has 29 heavy (non-hydrogen) atoms. The zero-order valence-corrected chi connectivity index (χ0v) is 19.0. The second kappa shape index (κ2) is 20.4. The summed E-state index contributed by atoms with van der Waals surface area (Å²) < 4.78 is 11.1. The van der Waals surface area contributed by atoms with E-state index in [-0.39, 0.29) is 0 Å². The Labute approximate surface area is 180 Å². The lowest BCUT2D eigenvalue weighted by Crippen LogP contribution is -2.22. The van der Waals surface area contributed by atoms with Crippen LogP contribution < -0.4 is 0 Å². The molecular weight excluding hydrogens is 360 g/mol. The number of unbranched alkanes of at least 4 members (excludes halogenated alkanes) is 13. The molecule has 0 fully saturated rings. The summed E-state index contributed by atoms with van der Waals surface area (Å²) in [6, 6.07) is 10.0. The molecule has 3 nitrogen and oxygen atoms in total. The Bertz CT molecular complexity index is 435. The Kier molecular flexibility index (Phi) is 18.4. The van der Waals surface area contributed by atoms with Crippen molar-refractivity contribution in [1.82, 2.24) is 0 Å². The van der Waals surface area contributed by atoms with Gasteiger partial charge in [-0.15, -0.1) is 0 Å². The molecule has 0 amide bonds. The van der Waals surface area contributed by atoms with E-state index in [2.05, 4.69) is 6.92 Å². The van der Waals surface area contributed by atoms with Crippen molar-refractivity contribution in [2.24, 2.45) is 0 Å². The van der Waals surface area contributed by atoms with Crippen molar-refractivity contribution in [2.75, 3.05) is 19.8 Å². The first-order valence-electron chi connectivity index (χ1n) is 12.2. The van der Waals surface area contributed by atoms with Gasteiger partial charge in [0, 0.05) is 6.61 Å². The molecule has 0 aliphatic rings. The van der Waals surface area contributed by atoms with Gasteiger partial charge in [-0.3, -0.25) is 0 Å². The second-order valence-electron chi connectivity index (χ2n) is 8.33. The van der Waals surface area contributed by atoms with Crippen molar-refractivity contribution >= 4 is 0 Å². The molecule has 1 N–H and O–H groups in total. The van der Waals surface area contributed by atoms with Gasteiger partial charge < -0.3 is 14.6 Å². The summed E-state index contributed by atoms with van der Waals surface area (Å²) in [5.41, 5.74) is 1.13. The normalized spacial score (nSPS) is 12.3. The zero-order valence-electron chi connectivity index (χ0n) is 19.0. The molecule has 0 spiro atoms. The molecule has 0 saturated heterocycles. The minimum absolute atomic E-state index is 0.327. The quantitative estimate of drug-likeness (QED) is 0.222. The van der Waals surface area contributed by atoms with Crippen LogP contribution in [0.25, 0.3) is 0 Å². The second-order valence-corrected chi connectivity index (χ2v) is 8.33. The first kappa shape index (κ1) is 26.1. The molecule has 0 heterocycles. The average Bonchev–Trinajstić information content (AvgIpc) is 2.74. The topological polar surface area (TPSA) is 38.7 Å². The van der Waals surface area contributed by atoms with Crippen LogP contribution in [0.2, 0.25) is 0 Å². The number of rotatable bonds is 21. The molecule has 0 saturated carbocycles. The van der Waals surface area contributed by atoms with Gasteiger partial charge in [0.15, 0.2) is 0 Å². The predicted molar refractivity (Wildman–Crippen MR) is 123 cm³/mol. The van der Waals surface area contributed by atoms with Crippen LogP contribution in [-0.4, -0.2) is 31.0 Å². The maximum absolute atomic E-state index is 9.89.